The van der Waals surface area contributed by atoms with Crippen LogP contribution in [0.15, 0.2) is 24.3 Å². The van der Waals surface area contributed by atoms with E-state index in [1.807, 2.05) is 26.0 Å². The third-order valence-electron chi connectivity index (χ3n) is 4.06. The molecule has 2 rings (SSSR count). The lowest BCUT2D eigenvalue weighted by atomic mass is 9.87. The molecule has 1 amide bonds. The van der Waals surface area contributed by atoms with Gasteiger partial charge in [-0.05, 0) is 37.0 Å². The van der Waals surface area contributed by atoms with Crippen LogP contribution in [0.3, 0.4) is 0 Å². The molecule has 0 spiro atoms. The predicted molar refractivity (Wildman–Crippen MR) is 83.0 cm³/mol. The molecule has 0 saturated carbocycles. The van der Waals surface area contributed by atoms with Crippen LogP contribution >= 0.6 is 0 Å². The molecule has 1 heterocycles. The molecule has 1 aliphatic heterocycles. The lowest BCUT2D eigenvalue weighted by Gasteiger charge is -2.35. The Kier molecular flexibility index (Phi) is 5.41. The molecule has 120 valence electrons. The Morgan fingerprint density at radius 2 is 2.18 bits per heavy atom. The molecule has 0 bridgehead atoms. The summed E-state index contributed by atoms with van der Waals surface area (Å²) in [5.41, 5.74) is 0.592. The fourth-order valence-electron chi connectivity index (χ4n) is 2.82. The van der Waals surface area contributed by atoms with E-state index in [1.165, 1.54) is 0 Å². The van der Waals surface area contributed by atoms with E-state index in [1.54, 1.807) is 17.0 Å². The predicted octanol–water partition coefficient (Wildman–Crippen LogP) is 2.66. The smallest absolute Gasteiger partial charge is 0.306 e. The van der Waals surface area contributed by atoms with E-state index >= 15 is 0 Å². The van der Waals surface area contributed by atoms with Crippen LogP contribution in [0.2, 0.25) is 0 Å². The van der Waals surface area contributed by atoms with Crippen molar-refractivity contribution < 1.29 is 19.4 Å². The molecule has 1 N–H and O–H groups in total. The van der Waals surface area contributed by atoms with E-state index in [0.717, 1.165) is 6.42 Å². The fraction of sp³-hybridized carbons (Fsp3) is 0.529. The summed E-state index contributed by atoms with van der Waals surface area (Å²) >= 11 is 0. The maximum Gasteiger partial charge on any atom is 0.306 e. The average molecular weight is 305 g/mol. The van der Waals surface area contributed by atoms with E-state index in [0.29, 0.717) is 37.4 Å². The molecular weight excluding hydrogens is 282 g/mol. The average Bonchev–Trinajstić information content (AvgIpc) is 2.52. The number of ether oxygens (including phenoxy) is 1. The Morgan fingerprint density at radius 1 is 1.41 bits per heavy atom. The molecule has 5 nitrogen and oxygen atoms in total. The van der Waals surface area contributed by atoms with Gasteiger partial charge < -0.3 is 14.7 Å². The van der Waals surface area contributed by atoms with E-state index in [4.69, 9.17) is 9.84 Å². The van der Waals surface area contributed by atoms with Gasteiger partial charge in [0, 0.05) is 18.7 Å². The zero-order valence-corrected chi connectivity index (χ0v) is 13.1. The van der Waals surface area contributed by atoms with E-state index < -0.39 is 5.97 Å². The van der Waals surface area contributed by atoms with Crippen LogP contribution in [-0.4, -0.2) is 41.6 Å². The van der Waals surface area contributed by atoms with Crippen molar-refractivity contribution in [3.63, 3.8) is 0 Å². The largest absolute Gasteiger partial charge is 0.494 e. The standard InChI is InChI=1S/C17H23NO4/c1-3-9-22-14-6-4-5-13(10-14)16(19)18-8-7-15(17(20)21)12(2)11-18/h4-6,10,12,15H,3,7-9,11H2,1-2H3,(H,20,21). The number of nitrogens with zero attached hydrogens (tertiary/aromatic N) is 1. The third-order valence-corrected chi connectivity index (χ3v) is 4.06. The number of carbonyl (C=O) groups excluding carboxylic acids is 1. The highest BCUT2D eigenvalue weighted by atomic mass is 16.5. The Bertz CT molecular complexity index is 543. The highest BCUT2D eigenvalue weighted by molar-refractivity contribution is 5.94. The van der Waals surface area contributed by atoms with Gasteiger partial charge in [-0.2, -0.15) is 0 Å². The Labute approximate surface area is 130 Å². The van der Waals surface area contributed by atoms with Crippen molar-refractivity contribution in [3.8, 4) is 5.75 Å². The van der Waals surface area contributed by atoms with Crippen LogP contribution in [0.5, 0.6) is 5.75 Å². The first kappa shape index (κ1) is 16.3. The zero-order valence-electron chi connectivity index (χ0n) is 13.1. The summed E-state index contributed by atoms with van der Waals surface area (Å²) in [5.74, 6) is -0.522. The minimum Gasteiger partial charge on any atom is -0.494 e. The number of rotatable bonds is 5. The van der Waals surface area contributed by atoms with Crippen LogP contribution in [0, 0.1) is 11.8 Å². The van der Waals surface area contributed by atoms with Crippen molar-refractivity contribution in [1.82, 2.24) is 4.90 Å². The van der Waals surface area contributed by atoms with Crippen LogP contribution in [-0.2, 0) is 4.79 Å². The van der Waals surface area contributed by atoms with Gasteiger partial charge in [0.15, 0.2) is 0 Å². The quantitative estimate of drug-likeness (QED) is 0.908. The zero-order chi connectivity index (χ0) is 16.1. The molecular formula is C17H23NO4. The number of amides is 1. The number of aliphatic carboxylic acids is 1. The summed E-state index contributed by atoms with van der Waals surface area (Å²) in [6.07, 6.45) is 1.42. The van der Waals surface area contributed by atoms with Crippen LogP contribution < -0.4 is 4.74 Å². The van der Waals surface area contributed by atoms with Gasteiger partial charge in [-0.1, -0.05) is 19.9 Å². The SMILES string of the molecule is CCCOc1cccc(C(=O)N2CCC(C(=O)O)C(C)C2)c1. The summed E-state index contributed by atoms with van der Waals surface area (Å²) in [7, 11) is 0. The lowest BCUT2D eigenvalue weighted by Crippen LogP contribution is -2.45. The number of hydrogen-bond donors (Lipinski definition) is 1. The third kappa shape index (κ3) is 3.78. The number of carboxylic acids is 1. The first-order valence-corrected chi connectivity index (χ1v) is 7.78. The molecule has 2 atom stereocenters. The van der Waals surface area contributed by atoms with E-state index in [9.17, 15) is 9.59 Å². The number of hydrogen-bond acceptors (Lipinski definition) is 3. The number of piperidine rings is 1. The summed E-state index contributed by atoms with van der Waals surface area (Å²) < 4.78 is 5.55. The maximum atomic E-state index is 12.6. The summed E-state index contributed by atoms with van der Waals surface area (Å²) in [6.45, 7) is 5.51. The first-order chi connectivity index (χ1) is 10.5. The van der Waals surface area contributed by atoms with Gasteiger partial charge in [0.1, 0.15) is 5.75 Å². The fourth-order valence-corrected chi connectivity index (χ4v) is 2.82. The second kappa shape index (κ2) is 7.29. The number of carbonyl (C=O) groups is 2. The van der Waals surface area contributed by atoms with Crippen LogP contribution in [0.25, 0.3) is 0 Å². The Balaban J connectivity index is 2.04. The van der Waals surface area contributed by atoms with Crippen molar-refractivity contribution in [2.75, 3.05) is 19.7 Å². The molecule has 1 aromatic carbocycles. The second-order valence-corrected chi connectivity index (χ2v) is 5.84. The minimum atomic E-state index is -0.769. The topological polar surface area (TPSA) is 66.8 Å². The van der Waals surface area contributed by atoms with Gasteiger partial charge in [0.25, 0.3) is 5.91 Å². The molecule has 0 aliphatic carbocycles. The molecule has 0 aromatic heterocycles. The summed E-state index contributed by atoms with van der Waals surface area (Å²) in [5, 5.41) is 9.15. The molecule has 1 fully saturated rings. The van der Waals surface area contributed by atoms with E-state index in [2.05, 4.69) is 0 Å². The summed E-state index contributed by atoms with van der Waals surface area (Å²) in [6, 6.07) is 7.18. The molecule has 1 aromatic rings. The van der Waals surface area contributed by atoms with Crippen LogP contribution in [0.1, 0.15) is 37.0 Å². The lowest BCUT2D eigenvalue weighted by molar-refractivity contribution is -0.145. The number of likely N-dealkylation sites (tertiary alicyclic amines) is 1. The summed E-state index contributed by atoms with van der Waals surface area (Å²) in [4.78, 5) is 25.4. The minimum absolute atomic E-state index is 0.0327. The van der Waals surface area contributed by atoms with Gasteiger partial charge in [-0.15, -0.1) is 0 Å². The molecule has 1 saturated heterocycles. The van der Waals surface area contributed by atoms with Crippen molar-refractivity contribution in [2.45, 2.75) is 26.7 Å². The van der Waals surface area contributed by atoms with Gasteiger partial charge in [0.05, 0.1) is 12.5 Å². The van der Waals surface area contributed by atoms with Crippen molar-refractivity contribution in [1.29, 1.82) is 0 Å². The molecule has 5 heteroatoms. The Hall–Kier alpha value is -2.04. The highest BCUT2D eigenvalue weighted by Crippen LogP contribution is 2.25. The van der Waals surface area contributed by atoms with Crippen LogP contribution in [0.4, 0.5) is 0 Å². The number of benzene rings is 1. The van der Waals surface area contributed by atoms with Gasteiger partial charge in [0.2, 0.25) is 0 Å². The molecule has 1 aliphatic rings. The first-order valence-electron chi connectivity index (χ1n) is 7.78. The van der Waals surface area contributed by atoms with Gasteiger partial charge in [-0.3, -0.25) is 9.59 Å². The van der Waals surface area contributed by atoms with E-state index in [-0.39, 0.29) is 17.7 Å². The van der Waals surface area contributed by atoms with Crippen molar-refractivity contribution in [3.05, 3.63) is 29.8 Å². The van der Waals surface area contributed by atoms with Gasteiger partial charge in [-0.25, -0.2) is 0 Å². The highest BCUT2D eigenvalue weighted by Gasteiger charge is 2.33. The molecule has 2 unspecified atom stereocenters. The van der Waals surface area contributed by atoms with Crippen molar-refractivity contribution >= 4 is 11.9 Å². The molecule has 22 heavy (non-hydrogen) atoms. The van der Waals surface area contributed by atoms with Gasteiger partial charge >= 0.3 is 5.97 Å². The monoisotopic (exact) mass is 305 g/mol. The maximum absolute atomic E-state index is 12.6. The second-order valence-electron chi connectivity index (χ2n) is 5.84. The van der Waals surface area contributed by atoms with Crippen molar-refractivity contribution in [2.24, 2.45) is 11.8 Å². The normalized spacial score (nSPS) is 21.5. The molecule has 0 radical (unpaired) electrons. The Morgan fingerprint density at radius 3 is 2.82 bits per heavy atom. The number of carboxylic acid groups (broad SMARTS) is 1.